The van der Waals surface area contributed by atoms with E-state index >= 15 is 0 Å². The van der Waals surface area contributed by atoms with Crippen LogP contribution in [0.2, 0.25) is 0 Å². The zero-order valence-electron chi connectivity index (χ0n) is 9.33. The number of nitrogens with one attached hydrogen (secondary N) is 1. The van der Waals surface area contributed by atoms with Crippen LogP contribution in [0.4, 0.5) is 11.4 Å². The molecule has 0 saturated heterocycles. The average molecular weight is 239 g/mol. The Bertz CT molecular complexity index is 605. The number of rotatable bonds is 3. The van der Waals surface area contributed by atoms with Gasteiger partial charge in [0.25, 0.3) is 5.91 Å². The summed E-state index contributed by atoms with van der Waals surface area (Å²) in [5, 5.41) is 2.67. The first-order chi connectivity index (χ1) is 8.79. The van der Waals surface area contributed by atoms with E-state index in [1.807, 2.05) is 0 Å². The van der Waals surface area contributed by atoms with Gasteiger partial charge in [-0.2, -0.15) is 4.99 Å². The average Bonchev–Trinajstić information content (AvgIpc) is 2.40. The van der Waals surface area contributed by atoms with Crippen LogP contribution in [-0.4, -0.2) is 17.0 Å². The molecule has 0 spiro atoms. The quantitative estimate of drug-likeness (QED) is 0.659. The molecule has 5 nitrogen and oxygen atoms in total. The number of aliphatic imine (C=N–C) groups is 1. The van der Waals surface area contributed by atoms with Crippen molar-refractivity contribution in [2.45, 2.75) is 0 Å². The third-order valence-corrected chi connectivity index (χ3v) is 2.18. The molecule has 0 atom stereocenters. The highest BCUT2D eigenvalue weighted by atomic mass is 16.1. The van der Waals surface area contributed by atoms with Crippen LogP contribution in [0.1, 0.15) is 10.5 Å². The number of nitrogens with zero attached hydrogens (tertiary/aromatic N) is 2. The molecule has 0 radical (unpaired) electrons. The minimum atomic E-state index is -0.317. The Morgan fingerprint density at radius 1 is 1.22 bits per heavy atom. The lowest BCUT2D eigenvalue weighted by Gasteiger charge is -2.04. The molecular formula is C13H9N3O2. The van der Waals surface area contributed by atoms with Gasteiger partial charge in [0, 0.05) is 11.9 Å². The lowest BCUT2D eigenvalue weighted by Crippen LogP contribution is -2.13. The van der Waals surface area contributed by atoms with E-state index < -0.39 is 0 Å². The standard InChI is InChI=1S/C13H9N3O2/c17-9-15-10-4-3-5-11(8-10)16-13(18)12-6-1-2-7-14-12/h1-8H,(H,16,18). The van der Waals surface area contributed by atoms with Crippen LogP contribution in [0.15, 0.2) is 53.7 Å². The molecule has 0 aliphatic heterocycles. The highest BCUT2D eigenvalue weighted by Gasteiger charge is 2.06. The van der Waals surface area contributed by atoms with Gasteiger partial charge in [0.2, 0.25) is 6.08 Å². The zero-order chi connectivity index (χ0) is 12.8. The summed E-state index contributed by atoms with van der Waals surface area (Å²) in [6, 6.07) is 11.7. The molecule has 2 rings (SSSR count). The lowest BCUT2D eigenvalue weighted by molar-refractivity contribution is 0.102. The molecule has 18 heavy (non-hydrogen) atoms. The second-order valence-corrected chi connectivity index (χ2v) is 3.42. The van der Waals surface area contributed by atoms with E-state index in [9.17, 15) is 9.59 Å². The van der Waals surface area contributed by atoms with Crippen LogP contribution in [0.3, 0.4) is 0 Å². The van der Waals surface area contributed by atoms with Crippen LogP contribution in [0.5, 0.6) is 0 Å². The fourth-order valence-electron chi connectivity index (χ4n) is 1.40. The van der Waals surface area contributed by atoms with Crippen LogP contribution in [0.25, 0.3) is 0 Å². The summed E-state index contributed by atoms with van der Waals surface area (Å²) in [6.45, 7) is 0. The second kappa shape index (κ2) is 5.52. The summed E-state index contributed by atoms with van der Waals surface area (Å²) in [4.78, 5) is 29.4. The van der Waals surface area contributed by atoms with Gasteiger partial charge in [-0.15, -0.1) is 0 Å². The molecule has 0 saturated carbocycles. The van der Waals surface area contributed by atoms with Crippen LogP contribution in [0, 0.1) is 0 Å². The molecule has 2 aromatic rings. The topological polar surface area (TPSA) is 71.4 Å². The van der Waals surface area contributed by atoms with Gasteiger partial charge in [0.1, 0.15) is 5.69 Å². The normalized spacial score (nSPS) is 9.33. The van der Waals surface area contributed by atoms with E-state index in [0.717, 1.165) is 0 Å². The van der Waals surface area contributed by atoms with Crippen molar-refractivity contribution in [3.05, 3.63) is 54.4 Å². The van der Waals surface area contributed by atoms with E-state index in [-0.39, 0.29) is 5.91 Å². The number of amides is 1. The molecule has 0 aliphatic rings. The SMILES string of the molecule is O=C=Nc1cccc(NC(=O)c2ccccn2)c1. The summed E-state index contributed by atoms with van der Waals surface area (Å²) in [5.41, 5.74) is 1.30. The Balaban J connectivity index is 2.17. The maximum atomic E-state index is 11.8. The first-order valence-electron chi connectivity index (χ1n) is 5.20. The van der Waals surface area contributed by atoms with Gasteiger partial charge in [-0.3, -0.25) is 9.78 Å². The van der Waals surface area contributed by atoms with Crippen LogP contribution >= 0.6 is 0 Å². The van der Waals surface area contributed by atoms with Crippen molar-refractivity contribution >= 4 is 23.4 Å². The van der Waals surface area contributed by atoms with Gasteiger partial charge < -0.3 is 5.32 Å². The molecule has 1 heterocycles. The van der Waals surface area contributed by atoms with E-state index in [4.69, 9.17) is 0 Å². The molecule has 88 valence electrons. The monoisotopic (exact) mass is 239 g/mol. The third-order valence-electron chi connectivity index (χ3n) is 2.18. The predicted octanol–water partition coefficient (Wildman–Crippen LogP) is 2.30. The van der Waals surface area contributed by atoms with Gasteiger partial charge >= 0.3 is 0 Å². The maximum absolute atomic E-state index is 11.8. The zero-order valence-corrected chi connectivity index (χ0v) is 9.33. The van der Waals surface area contributed by atoms with Gasteiger partial charge in [-0.05, 0) is 30.3 Å². The predicted molar refractivity (Wildman–Crippen MR) is 66.4 cm³/mol. The first kappa shape index (κ1) is 11.7. The Kier molecular flexibility index (Phi) is 3.59. The maximum Gasteiger partial charge on any atom is 0.274 e. The molecule has 1 N–H and O–H groups in total. The van der Waals surface area contributed by atoms with Gasteiger partial charge in [-0.1, -0.05) is 12.1 Å². The van der Waals surface area contributed by atoms with Crippen LogP contribution in [-0.2, 0) is 4.79 Å². The number of aromatic nitrogens is 1. The molecule has 1 aromatic heterocycles. The van der Waals surface area contributed by atoms with Crippen molar-refractivity contribution in [2.24, 2.45) is 4.99 Å². The molecule has 0 fully saturated rings. The molecule has 1 aromatic carbocycles. The Hall–Kier alpha value is -2.78. The summed E-state index contributed by atoms with van der Waals surface area (Å²) >= 11 is 0. The van der Waals surface area contributed by atoms with Crippen molar-refractivity contribution in [1.29, 1.82) is 0 Å². The van der Waals surface area contributed by atoms with Crippen molar-refractivity contribution in [2.75, 3.05) is 5.32 Å². The summed E-state index contributed by atoms with van der Waals surface area (Å²) in [6.07, 6.45) is 2.99. The minimum Gasteiger partial charge on any atom is -0.321 e. The minimum absolute atomic E-state index is 0.317. The van der Waals surface area contributed by atoms with Crippen molar-refractivity contribution in [1.82, 2.24) is 4.98 Å². The number of hydrogen-bond donors (Lipinski definition) is 1. The Morgan fingerprint density at radius 3 is 2.83 bits per heavy atom. The van der Waals surface area contributed by atoms with Gasteiger partial charge in [-0.25, -0.2) is 4.79 Å². The van der Waals surface area contributed by atoms with E-state index in [0.29, 0.717) is 17.1 Å². The largest absolute Gasteiger partial charge is 0.321 e. The van der Waals surface area contributed by atoms with Crippen molar-refractivity contribution in [3.63, 3.8) is 0 Å². The number of isocyanates is 1. The number of pyridine rings is 1. The van der Waals surface area contributed by atoms with Crippen LogP contribution < -0.4 is 5.32 Å². The fraction of sp³-hybridized carbons (Fsp3) is 0. The van der Waals surface area contributed by atoms with Gasteiger partial charge in [0.05, 0.1) is 5.69 Å². The van der Waals surface area contributed by atoms with Crippen molar-refractivity contribution in [3.8, 4) is 0 Å². The number of benzene rings is 1. The molecule has 0 unspecified atom stereocenters. The van der Waals surface area contributed by atoms with E-state index in [2.05, 4.69) is 15.3 Å². The molecule has 0 aliphatic carbocycles. The highest BCUT2D eigenvalue weighted by molar-refractivity contribution is 6.02. The van der Waals surface area contributed by atoms with E-state index in [1.165, 1.54) is 6.08 Å². The van der Waals surface area contributed by atoms with Crippen molar-refractivity contribution < 1.29 is 9.59 Å². The summed E-state index contributed by atoms with van der Waals surface area (Å²) < 4.78 is 0. The fourth-order valence-corrected chi connectivity index (χ4v) is 1.40. The second-order valence-electron chi connectivity index (χ2n) is 3.42. The number of carbonyl (C=O) groups excluding carboxylic acids is 2. The highest BCUT2D eigenvalue weighted by Crippen LogP contribution is 2.17. The Labute approximate surface area is 103 Å². The first-order valence-corrected chi connectivity index (χ1v) is 5.20. The number of hydrogen-bond acceptors (Lipinski definition) is 4. The molecule has 1 amide bonds. The summed E-state index contributed by atoms with van der Waals surface area (Å²) in [5.74, 6) is -0.317. The molecule has 5 heteroatoms. The lowest BCUT2D eigenvalue weighted by atomic mass is 10.2. The summed E-state index contributed by atoms with van der Waals surface area (Å²) in [7, 11) is 0. The molecule has 0 bridgehead atoms. The molecular weight excluding hydrogens is 230 g/mol. The Morgan fingerprint density at radius 2 is 2.11 bits per heavy atom. The van der Waals surface area contributed by atoms with E-state index in [1.54, 1.807) is 48.7 Å². The van der Waals surface area contributed by atoms with Gasteiger partial charge in [0.15, 0.2) is 0 Å². The number of carbonyl (C=O) groups is 1. The third kappa shape index (κ3) is 2.87. The smallest absolute Gasteiger partial charge is 0.274 e. The number of anilines is 1.